The number of carboxylic acids is 1. The molecule has 5 heteroatoms. The van der Waals surface area contributed by atoms with Crippen LogP contribution in [0, 0.1) is 0 Å². The molecule has 3 unspecified atom stereocenters. The Labute approximate surface area is 102 Å². The average Bonchev–Trinajstić information content (AvgIpc) is 2.68. The van der Waals surface area contributed by atoms with Gasteiger partial charge in [0.05, 0.1) is 19.1 Å². The molecule has 0 aromatic rings. The number of rotatable bonds is 4. The van der Waals surface area contributed by atoms with Gasteiger partial charge in [0.25, 0.3) is 0 Å². The van der Waals surface area contributed by atoms with E-state index in [0.29, 0.717) is 12.6 Å². The Hall–Kier alpha value is -0.650. The van der Waals surface area contributed by atoms with E-state index in [1.54, 1.807) is 0 Å². The highest BCUT2D eigenvalue weighted by atomic mass is 16.7. The maximum Gasteiger partial charge on any atom is 0.306 e. The van der Waals surface area contributed by atoms with Crippen molar-refractivity contribution in [2.45, 2.75) is 50.5 Å². The van der Waals surface area contributed by atoms with E-state index >= 15 is 0 Å². The Morgan fingerprint density at radius 1 is 1.47 bits per heavy atom. The molecular formula is C12H21NO4. The van der Waals surface area contributed by atoms with Crippen molar-refractivity contribution in [3.8, 4) is 0 Å². The summed E-state index contributed by atoms with van der Waals surface area (Å²) in [6.45, 7) is 1.54. The summed E-state index contributed by atoms with van der Waals surface area (Å²) in [6.07, 6.45) is 4.12. The molecule has 0 aromatic carbocycles. The van der Waals surface area contributed by atoms with Crippen LogP contribution in [-0.2, 0) is 14.3 Å². The minimum atomic E-state index is -0.825. The number of carboxylic acid groups (broad SMARTS) is 1. The van der Waals surface area contributed by atoms with Gasteiger partial charge in [-0.2, -0.15) is 0 Å². The van der Waals surface area contributed by atoms with E-state index in [4.69, 9.17) is 14.6 Å². The highest BCUT2D eigenvalue weighted by molar-refractivity contribution is 5.67. The van der Waals surface area contributed by atoms with Crippen LogP contribution >= 0.6 is 0 Å². The molecule has 0 saturated carbocycles. The largest absolute Gasteiger partial charge is 0.481 e. The maximum atomic E-state index is 10.6. The third-order valence-corrected chi connectivity index (χ3v) is 3.60. The molecule has 1 N–H and O–H groups in total. The first-order valence-electron chi connectivity index (χ1n) is 6.34. The molecule has 2 aliphatic rings. The number of hydrogen-bond acceptors (Lipinski definition) is 4. The van der Waals surface area contributed by atoms with Crippen molar-refractivity contribution in [1.82, 2.24) is 4.90 Å². The van der Waals surface area contributed by atoms with Gasteiger partial charge in [0.1, 0.15) is 0 Å². The zero-order valence-corrected chi connectivity index (χ0v) is 10.3. The van der Waals surface area contributed by atoms with Gasteiger partial charge in [0.2, 0.25) is 0 Å². The Balaban J connectivity index is 1.75. The zero-order chi connectivity index (χ0) is 12.3. The highest BCUT2D eigenvalue weighted by Gasteiger charge is 2.31. The van der Waals surface area contributed by atoms with Crippen LogP contribution in [0.3, 0.4) is 0 Å². The van der Waals surface area contributed by atoms with Gasteiger partial charge < -0.3 is 19.5 Å². The first-order valence-corrected chi connectivity index (χ1v) is 6.34. The number of hydrogen-bond donors (Lipinski definition) is 1. The number of piperidine rings is 1. The van der Waals surface area contributed by atoms with E-state index in [2.05, 4.69) is 11.9 Å². The molecule has 0 aromatic heterocycles. The quantitative estimate of drug-likeness (QED) is 0.800. The molecule has 2 heterocycles. The molecule has 0 radical (unpaired) electrons. The number of likely N-dealkylation sites (tertiary alicyclic amines) is 1. The predicted molar refractivity (Wildman–Crippen MR) is 61.8 cm³/mol. The van der Waals surface area contributed by atoms with Crippen molar-refractivity contribution in [2.24, 2.45) is 0 Å². The summed E-state index contributed by atoms with van der Waals surface area (Å²) in [5.74, 6) is -0.825. The molecule has 3 atom stereocenters. The monoisotopic (exact) mass is 243 g/mol. The third kappa shape index (κ3) is 3.66. The summed E-state index contributed by atoms with van der Waals surface area (Å²) >= 11 is 0. The van der Waals surface area contributed by atoms with E-state index in [9.17, 15) is 4.79 Å². The zero-order valence-electron chi connectivity index (χ0n) is 10.3. The van der Waals surface area contributed by atoms with Crippen molar-refractivity contribution in [3.05, 3.63) is 0 Å². The molecule has 17 heavy (non-hydrogen) atoms. The fourth-order valence-electron chi connectivity index (χ4n) is 2.60. The molecule has 5 nitrogen and oxygen atoms in total. The van der Waals surface area contributed by atoms with E-state index in [1.807, 2.05) is 0 Å². The number of nitrogens with zero attached hydrogens (tertiary/aromatic N) is 1. The van der Waals surface area contributed by atoms with Crippen LogP contribution in [0.1, 0.15) is 32.1 Å². The SMILES string of the molecule is CN1CCCCC1CC1OCC(CC(=O)O)O1. The lowest BCUT2D eigenvalue weighted by Crippen LogP contribution is -2.38. The second-order valence-corrected chi connectivity index (χ2v) is 4.98. The first kappa shape index (κ1) is 12.8. The van der Waals surface area contributed by atoms with Crippen LogP contribution in [0.25, 0.3) is 0 Å². The van der Waals surface area contributed by atoms with Crippen molar-refractivity contribution in [1.29, 1.82) is 0 Å². The number of aliphatic carboxylic acids is 1. The van der Waals surface area contributed by atoms with Gasteiger partial charge in [0.15, 0.2) is 6.29 Å². The summed E-state index contributed by atoms with van der Waals surface area (Å²) in [6, 6.07) is 0.511. The summed E-state index contributed by atoms with van der Waals surface area (Å²) in [5.41, 5.74) is 0. The smallest absolute Gasteiger partial charge is 0.306 e. The number of ether oxygens (including phenoxy) is 2. The van der Waals surface area contributed by atoms with Gasteiger partial charge in [0, 0.05) is 12.5 Å². The minimum Gasteiger partial charge on any atom is -0.481 e. The van der Waals surface area contributed by atoms with E-state index < -0.39 is 5.97 Å². The molecular weight excluding hydrogens is 222 g/mol. The third-order valence-electron chi connectivity index (χ3n) is 3.60. The van der Waals surface area contributed by atoms with Gasteiger partial charge in [-0.25, -0.2) is 0 Å². The summed E-state index contributed by atoms with van der Waals surface area (Å²) in [4.78, 5) is 12.9. The molecule has 0 amide bonds. The summed E-state index contributed by atoms with van der Waals surface area (Å²) in [5, 5.41) is 8.68. The summed E-state index contributed by atoms with van der Waals surface area (Å²) in [7, 11) is 2.13. The Bertz CT molecular complexity index is 271. The maximum absolute atomic E-state index is 10.6. The number of carbonyl (C=O) groups is 1. The highest BCUT2D eigenvalue weighted by Crippen LogP contribution is 2.24. The van der Waals surface area contributed by atoms with E-state index in [1.165, 1.54) is 19.3 Å². The molecule has 0 bridgehead atoms. The van der Waals surface area contributed by atoms with Gasteiger partial charge in [-0.1, -0.05) is 6.42 Å². The molecule has 2 aliphatic heterocycles. The second-order valence-electron chi connectivity index (χ2n) is 4.98. The van der Waals surface area contributed by atoms with Crippen LogP contribution < -0.4 is 0 Å². The minimum absolute atomic E-state index is 0.0387. The molecule has 0 spiro atoms. The van der Waals surface area contributed by atoms with Crippen molar-refractivity contribution in [3.63, 3.8) is 0 Å². The van der Waals surface area contributed by atoms with Crippen molar-refractivity contribution in [2.75, 3.05) is 20.2 Å². The van der Waals surface area contributed by atoms with Crippen LogP contribution in [0.5, 0.6) is 0 Å². The van der Waals surface area contributed by atoms with Crippen LogP contribution in [0.4, 0.5) is 0 Å². The standard InChI is InChI=1S/C12H21NO4/c1-13-5-3-2-4-9(13)6-12-16-8-10(17-12)7-11(14)15/h9-10,12H,2-8H2,1H3,(H,14,15). The first-order chi connectivity index (χ1) is 8.15. The van der Waals surface area contributed by atoms with Crippen LogP contribution in [0.2, 0.25) is 0 Å². The Morgan fingerprint density at radius 3 is 3.00 bits per heavy atom. The topological polar surface area (TPSA) is 59.0 Å². The van der Waals surface area contributed by atoms with Crippen molar-refractivity contribution < 1.29 is 19.4 Å². The summed E-state index contributed by atoms with van der Waals surface area (Å²) < 4.78 is 11.1. The molecule has 98 valence electrons. The van der Waals surface area contributed by atoms with Crippen LogP contribution in [0.15, 0.2) is 0 Å². The normalized spacial score (nSPS) is 35.0. The Kier molecular flexibility index (Phi) is 4.36. The lowest BCUT2D eigenvalue weighted by Gasteiger charge is -2.33. The fourth-order valence-corrected chi connectivity index (χ4v) is 2.60. The van der Waals surface area contributed by atoms with Crippen LogP contribution in [-0.4, -0.2) is 54.6 Å². The Morgan fingerprint density at radius 2 is 2.29 bits per heavy atom. The second kappa shape index (κ2) is 5.80. The van der Waals surface area contributed by atoms with Gasteiger partial charge in [-0.3, -0.25) is 4.79 Å². The van der Waals surface area contributed by atoms with E-state index in [-0.39, 0.29) is 18.8 Å². The predicted octanol–water partition coefficient (Wildman–Crippen LogP) is 1.08. The van der Waals surface area contributed by atoms with Gasteiger partial charge in [-0.05, 0) is 26.4 Å². The van der Waals surface area contributed by atoms with E-state index in [0.717, 1.165) is 13.0 Å². The lowest BCUT2D eigenvalue weighted by atomic mass is 10.00. The molecule has 0 aliphatic carbocycles. The van der Waals surface area contributed by atoms with Crippen molar-refractivity contribution >= 4 is 5.97 Å². The molecule has 2 rings (SSSR count). The molecule has 2 fully saturated rings. The molecule has 2 saturated heterocycles. The van der Waals surface area contributed by atoms with Gasteiger partial charge in [-0.15, -0.1) is 0 Å². The average molecular weight is 243 g/mol. The lowest BCUT2D eigenvalue weighted by molar-refractivity contribution is -0.140. The fraction of sp³-hybridized carbons (Fsp3) is 0.917. The van der Waals surface area contributed by atoms with Gasteiger partial charge >= 0.3 is 5.97 Å².